The topological polar surface area (TPSA) is 116 Å². The van der Waals surface area contributed by atoms with Crippen molar-refractivity contribution in [1.82, 2.24) is 20.2 Å². The van der Waals surface area contributed by atoms with Gasteiger partial charge in [-0.3, -0.25) is 14.5 Å². The second-order valence-corrected chi connectivity index (χ2v) is 7.66. The Morgan fingerprint density at radius 1 is 1.16 bits per heavy atom. The van der Waals surface area contributed by atoms with Crippen molar-refractivity contribution < 1.29 is 23.2 Å². The number of nitrogens with zero attached hydrogens (tertiary/aromatic N) is 4. The van der Waals surface area contributed by atoms with Gasteiger partial charge in [-0.25, -0.2) is 23.5 Å². The number of Topliss-reactive ketones (excluding diaryl/α,β-unsaturated/α-hetero) is 1. The summed E-state index contributed by atoms with van der Waals surface area (Å²) in [5.41, 5.74) is 0.204. The van der Waals surface area contributed by atoms with Crippen molar-refractivity contribution in [3.05, 3.63) is 47.9 Å². The number of carbonyl (C=O) groups excluding carboxylic acids is 3. The zero-order valence-electron chi connectivity index (χ0n) is 16.3. The van der Waals surface area contributed by atoms with Crippen molar-refractivity contribution in [2.75, 3.05) is 6.54 Å². The molecule has 158 valence electrons. The number of aromatic nitrogens is 2. The van der Waals surface area contributed by atoms with E-state index in [2.05, 4.69) is 15.3 Å². The molecule has 2 fully saturated rings. The smallest absolute Gasteiger partial charge is 0.323 e. The van der Waals surface area contributed by atoms with E-state index in [0.717, 1.165) is 4.90 Å². The van der Waals surface area contributed by atoms with Gasteiger partial charge in [-0.2, -0.15) is 5.26 Å². The highest BCUT2D eigenvalue weighted by Gasteiger charge is 2.55. The quantitative estimate of drug-likeness (QED) is 0.595. The highest BCUT2D eigenvalue weighted by Crippen LogP contribution is 2.41. The van der Waals surface area contributed by atoms with E-state index in [-0.39, 0.29) is 24.0 Å². The van der Waals surface area contributed by atoms with Crippen molar-refractivity contribution in [3.8, 4) is 17.3 Å². The van der Waals surface area contributed by atoms with Crippen molar-refractivity contribution in [3.63, 3.8) is 0 Å². The van der Waals surface area contributed by atoms with Crippen LogP contribution in [0.15, 0.2) is 36.8 Å². The molecule has 1 aromatic carbocycles. The van der Waals surface area contributed by atoms with Gasteiger partial charge in [-0.1, -0.05) is 24.3 Å². The Labute approximate surface area is 175 Å². The molecule has 1 aliphatic carbocycles. The summed E-state index contributed by atoms with van der Waals surface area (Å²) in [6.07, 6.45) is 1.39. The first-order valence-electron chi connectivity index (χ1n) is 9.60. The molecule has 2 aliphatic rings. The predicted molar refractivity (Wildman–Crippen MR) is 103 cm³/mol. The third-order valence-electron chi connectivity index (χ3n) is 5.70. The zero-order valence-corrected chi connectivity index (χ0v) is 16.3. The van der Waals surface area contributed by atoms with Gasteiger partial charge in [0, 0.05) is 30.2 Å². The first-order valence-corrected chi connectivity index (χ1v) is 9.60. The maximum absolute atomic E-state index is 13.5. The molecule has 0 bridgehead atoms. The van der Waals surface area contributed by atoms with Crippen LogP contribution in [-0.4, -0.2) is 50.6 Å². The summed E-state index contributed by atoms with van der Waals surface area (Å²) < 4.78 is 27.0. The number of imide groups is 1. The molecule has 1 saturated carbocycles. The average molecular weight is 425 g/mol. The number of rotatable bonds is 4. The molecule has 2 aromatic rings. The van der Waals surface area contributed by atoms with Gasteiger partial charge < -0.3 is 5.32 Å². The van der Waals surface area contributed by atoms with Crippen LogP contribution < -0.4 is 5.32 Å². The standard InChI is InChI=1S/C21H17F2N5O3/c22-21(23)7-5-20(6-8-21)18(30)28(19(31)27-20)11-16(29)13-1-3-14(4-2-13)17-15(9-24)10-25-12-26-17/h1-4,10,12H,5-8,11H2,(H,27,31). The first kappa shape index (κ1) is 20.5. The summed E-state index contributed by atoms with van der Waals surface area (Å²) >= 11 is 0. The lowest BCUT2D eigenvalue weighted by atomic mass is 9.80. The van der Waals surface area contributed by atoms with Crippen LogP contribution in [0.4, 0.5) is 13.6 Å². The first-order chi connectivity index (χ1) is 14.7. The van der Waals surface area contributed by atoms with Crippen LogP contribution in [0.1, 0.15) is 41.6 Å². The number of alkyl halides is 2. The third-order valence-corrected chi connectivity index (χ3v) is 5.70. The van der Waals surface area contributed by atoms with Crippen molar-refractivity contribution in [2.24, 2.45) is 0 Å². The number of nitrogens with one attached hydrogen (secondary N) is 1. The van der Waals surface area contributed by atoms with Gasteiger partial charge in [-0.05, 0) is 12.8 Å². The SMILES string of the molecule is N#Cc1cncnc1-c1ccc(C(=O)CN2C(=O)NC3(CCC(F)(F)CC3)C2=O)cc1. The molecular formula is C21H17F2N5O3. The highest BCUT2D eigenvalue weighted by molar-refractivity contribution is 6.11. The van der Waals surface area contributed by atoms with Crippen LogP contribution in [-0.2, 0) is 4.79 Å². The Morgan fingerprint density at radius 2 is 1.84 bits per heavy atom. The Bertz CT molecular complexity index is 1100. The lowest BCUT2D eigenvalue weighted by molar-refractivity contribution is -0.135. The molecule has 0 radical (unpaired) electrons. The average Bonchev–Trinajstić information content (AvgIpc) is 3.00. The second kappa shape index (κ2) is 7.50. The molecule has 4 rings (SSSR count). The van der Waals surface area contributed by atoms with E-state index in [1.54, 1.807) is 12.1 Å². The number of hydrogen-bond acceptors (Lipinski definition) is 6. The van der Waals surface area contributed by atoms with Crippen LogP contribution in [0.2, 0.25) is 0 Å². The predicted octanol–water partition coefficient (Wildman–Crippen LogP) is 2.70. The number of ketones is 1. The van der Waals surface area contributed by atoms with Crippen molar-refractivity contribution in [2.45, 2.75) is 37.1 Å². The summed E-state index contributed by atoms with van der Waals surface area (Å²) in [5, 5.41) is 11.7. The monoisotopic (exact) mass is 425 g/mol. The van der Waals surface area contributed by atoms with E-state index < -0.39 is 48.6 Å². The highest BCUT2D eigenvalue weighted by atomic mass is 19.3. The van der Waals surface area contributed by atoms with E-state index in [9.17, 15) is 23.2 Å². The summed E-state index contributed by atoms with van der Waals surface area (Å²) in [4.78, 5) is 46.4. The fourth-order valence-corrected chi connectivity index (χ4v) is 3.89. The minimum absolute atomic E-state index is 0.163. The molecule has 2 heterocycles. The molecule has 1 aromatic heterocycles. The van der Waals surface area contributed by atoms with Gasteiger partial charge >= 0.3 is 6.03 Å². The maximum atomic E-state index is 13.5. The Balaban J connectivity index is 1.48. The largest absolute Gasteiger partial charge is 0.325 e. The molecular weight excluding hydrogens is 408 g/mol. The number of amides is 3. The van der Waals surface area contributed by atoms with Gasteiger partial charge in [-0.15, -0.1) is 0 Å². The van der Waals surface area contributed by atoms with Crippen molar-refractivity contribution in [1.29, 1.82) is 5.26 Å². The number of carbonyl (C=O) groups is 3. The molecule has 3 amide bonds. The number of hydrogen-bond donors (Lipinski definition) is 1. The fraction of sp³-hybridized carbons (Fsp3) is 0.333. The summed E-state index contributed by atoms with van der Waals surface area (Å²) in [6.45, 7) is -0.487. The molecule has 1 N–H and O–H groups in total. The normalized spacial score (nSPS) is 19.2. The number of urea groups is 1. The van der Waals surface area contributed by atoms with Crippen LogP contribution in [0.5, 0.6) is 0 Å². The molecule has 0 unspecified atom stereocenters. The van der Waals surface area contributed by atoms with Gasteiger partial charge in [0.05, 0.1) is 17.8 Å². The van der Waals surface area contributed by atoms with E-state index in [1.807, 2.05) is 6.07 Å². The Hall–Kier alpha value is -3.74. The molecule has 0 atom stereocenters. The van der Waals surface area contributed by atoms with Gasteiger partial charge in [0.15, 0.2) is 5.78 Å². The molecule has 1 spiro atoms. The third kappa shape index (κ3) is 3.74. The Kier molecular flexibility index (Phi) is 4.97. The lowest BCUT2D eigenvalue weighted by Gasteiger charge is -2.34. The summed E-state index contributed by atoms with van der Waals surface area (Å²) in [7, 11) is 0. The molecule has 31 heavy (non-hydrogen) atoms. The number of halogens is 2. The molecule has 10 heteroatoms. The van der Waals surface area contributed by atoms with Crippen LogP contribution in [0, 0.1) is 11.3 Å². The van der Waals surface area contributed by atoms with Gasteiger partial charge in [0.25, 0.3) is 5.91 Å². The minimum Gasteiger partial charge on any atom is -0.323 e. The van der Waals surface area contributed by atoms with Gasteiger partial charge in [0.2, 0.25) is 5.92 Å². The number of nitriles is 1. The Morgan fingerprint density at radius 3 is 2.48 bits per heavy atom. The second-order valence-electron chi connectivity index (χ2n) is 7.66. The van der Waals surface area contributed by atoms with E-state index in [1.165, 1.54) is 24.7 Å². The zero-order chi connectivity index (χ0) is 22.2. The minimum atomic E-state index is -2.85. The molecule has 8 nitrogen and oxygen atoms in total. The maximum Gasteiger partial charge on any atom is 0.325 e. The van der Waals surface area contributed by atoms with E-state index in [4.69, 9.17) is 5.26 Å². The van der Waals surface area contributed by atoms with Crippen LogP contribution in [0.3, 0.4) is 0 Å². The van der Waals surface area contributed by atoms with Gasteiger partial charge in [0.1, 0.15) is 17.9 Å². The lowest BCUT2D eigenvalue weighted by Crippen LogP contribution is -2.51. The number of benzene rings is 1. The van der Waals surface area contributed by atoms with E-state index >= 15 is 0 Å². The van der Waals surface area contributed by atoms with Crippen molar-refractivity contribution >= 4 is 17.7 Å². The molecule has 1 saturated heterocycles. The fourth-order valence-electron chi connectivity index (χ4n) is 3.89. The summed E-state index contributed by atoms with van der Waals surface area (Å²) in [6, 6.07) is 7.47. The van der Waals surface area contributed by atoms with E-state index in [0.29, 0.717) is 11.3 Å². The summed E-state index contributed by atoms with van der Waals surface area (Å²) in [5.74, 6) is -3.97. The molecule has 1 aliphatic heterocycles. The van der Waals surface area contributed by atoms with Crippen LogP contribution >= 0.6 is 0 Å². The van der Waals surface area contributed by atoms with Crippen LogP contribution in [0.25, 0.3) is 11.3 Å².